The number of ether oxygens (including phenoxy) is 3. The van der Waals surface area contributed by atoms with Crippen molar-refractivity contribution in [2.45, 2.75) is 76.9 Å². The first-order chi connectivity index (χ1) is 11.9. The largest absolute Gasteiger partial charge is 0.467 e. The van der Waals surface area contributed by atoms with Gasteiger partial charge in [0.2, 0.25) is 0 Å². The number of esters is 1. The van der Waals surface area contributed by atoms with E-state index in [0.717, 1.165) is 0 Å². The predicted octanol–water partition coefficient (Wildman–Crippen LogP) is 3.11. The molecule has 2 atom stereocenters. The molecule has 8 heteroatoms. The molecular weight excluding hydrogens is 356 g/mol. The first-order valence-corrected chi connectivity index (χ1v) is 9.68. The van der Waals surface area contributed by atoms with Gasteiger partial charge in [-0.1, -0.05) is 11.8 Å². The summed E-state index contributed by atoms with van der Waals surface area (Å²) in [7, 11) is 1.32. The Hall–Kier alpha value is -1.28. The van der Waals surface area contributed by atoms with Crippen LogP contribution in [-0.4, -0.2) is 71.3 Å². The smallest absolute Gasteiger partial charge is 0.410 e. The van der Waals surface area contributed by atoms with Gasteiger partial charge in [0.05, 0.1) is 24.9 Å². The average Bonchev–Trinajstić information content (AvgIpc) is 2.93. The molecule has 0 spiro atoms. The SMILES string of the molecule is COC(=O)[C@H]1N=CS[C@@]1(COC(=O)N(C(C)C)C(C)C)COC(C)(C)C. The molecule has 0 fully saturated rings. The molecule has 150 valence electrons. The Morgan fingerprint density at radius 1 is 1.19 bits per heavy atom. The van der Waals surface area contributed by atoms with Crippen molar-refractivity contribution in [1.82, 2.24) is 4.90 Å². The molecule has 26 heavy (non-hydrogen) atoms. The van der Waals surface area contributed by atoms with Crippen LogP contribution in [0.15, 0.2) is 4.99 Å². The molecule has 0 saturated heterocycles. The minimum atomic E-state index is -0.838. The molecule has 0 aromatic rings. The van der Waals surface area contributed by atoms with Crippen molar-refractivity contribution in [1.29, 1.82) is 0 Å². The standard InChI is InChI=1S/C18H32N2O5S/c1-12(2)20(13(3)4)16(22)24-9-18(10-25-17(5,6)7)14(15(21)23-8)19-11-26-18/h11-14H,9-10H2,1-8H3/t14-,18+/m1/s1. The number of carbonyl (C=O) groups is 2. The molecule has 1 rings (SSSR count). The Balaban J connectivity index is 2.96. The molecule has 1 aliphatic rings. The third-order valence-corrected chi connectivity index (χ3v) is 5.09. The van der Waals surface area contributed by atoms with Crippen LogP contribution in [-0.2, 0) is 19.0 Å². The van der Waals surface area contributed by atoms with Gasteiger partial charge in [0.15, 0.2) is 6.04 Å². The molecule has 0 aromatic heterocycles. The molecule has 0 N–H and O–H groups in total. The van der Waals surface area contributed by atoms with E-state index < -0.39 is 28.5 Å². The predicted molar refractivity (Wildman–Crippen MR) is 104 cm³/mol. The van der Waals surface area contributed by atoms with Gasteiger partial charge in [-0.05, 0) is 48.5 Å². The molecule has 0 bridgehead atoms. The van der Waals surface area contributed by atoms with Crippen LogP contribution in [0.5, 0.6) is 0 Å². The van der Waals surface area contributed by atoms with Gasteiger partial charge >= 0.3 is 12.1 Å². The van der Waals surface area contributed by atoms with Gasteiger partial charge in [0.25, 0.3) is 0 Å². The Morgan fingerprint density at radius 2 is 1.77 bits per heavy atom. The van der Waals surface area contributed by atoms with Crippen molar-refractivity contribution >= 4 is 29.4 Å². The minimum absolute atomic E-state index is 0.00227. The van der Waals surface area contributed by atoms with E-state index >= 15 is 0 Å². The highest BCUT2D eigenvalue weighted by molar-refractivity contribution is 8.13. The lowest BCUT2D eigenvalue weighted by molar-refractivity contribution is -0.144. The van der Waals surface area contributed by atoms with Crippen LogP contribution in [0.1, 0.15) is 48.5 Å². The average molecular weight is 389 g/mol. The number of rotatable bonds is 7. The Labute approximate surface area is 160 Å². The number of methoxy groups -OCH3 is 1. The Bertz CT molecular complexity index is 522. The molecule has 0 unspecified atom stereocenters. The number of hydrogen-bond donors (Lipinski definition) is 0. The maximum absolute atomic E-state index is 12.6. The Kier molecular flexibility index (Phi) is 7.95. The second-order valence-electron chi connectivity index (χ2n) is 7.91. The molecule has 0 aromatic carbocycles. The van der Waals surface area contributed by atoms with E-state index in [9.17, 15) is 9.59 Å². The quantitative estimate of drug-likeness (QED) is 0.624. The topological polar surface area (TPSA) is 77.4 Å². The summed E-state index contributed by atoms with van der Waals surface area (Å²) in [6.07, 6.45) is -0.416. The summed E-state index contributed by atoms with van der Waals surface area (Å²) in [5, 5.41) is 0. The fourth-order valence-corrected chi connectivity index (χ4v) is 3.60. The lowest BCUT2D eigenvalue weighted by atomic mass is 10.0. The van der Waals surface area contributed by atoms with E-state index in [-0.39, 0.29) is 25.3 Å². The first-order valence-electron chi connectivity index (χ1n) is 8.80. The molecule has 1 heterocycles. The van der Waals surface area contributed by atoms with Crippen molar-refractivity contribution in [3.8, 4) is 0 Å². The normalized spacial score (nSPS) is 22.8. The highest BCUT2D eigenvalue weighted by Gasteiger charge is 2.50. The van der Waals surface area contributed by atoms with Crippen molar-refractivity contribution in [2.24, 2.45) is 4.99 Å². The van der Waals surface area contributed by atoms with Gasteiger partial charge in [-0.3, -0.25) is 4.99 Å². The molecule has 1 amide bonds. The summed E-state index contributed by atoms with van der Waals surface area (Å²) in [4.78, 5) is 30.7. The fraction of sp³-hybridized carbons (Fsp3) is 0.833. The van der Waals surface area contributed by atoms with Crippen LogP contribution in [0.2, 0.25) is 0 Å². The van der Waals surface area contributed by atoms with Crippen LogP contribution in [0.25, 0.3) is 0 Å². The molecule has 7 nitrogen and oxygen atoms in total. The van der Waals surface area contributed by atoms with E-state index in [1.54, 1.807) is 10.4 Å². The molecule has 0 radical (unpaired) electrons. The minimum Gasteiger partial charge on any atom is -0.467 e. The Morgan fingerprint density at radius 3 is 2.23 bits per heavy atom. The third kappa shape index (κ3) is 5.87. The number of thioether (sulfide) groups is 1. The molecule has 0 saturated carbocycles. The number of aliphatic imine (C=N–C) groups is 1. The second-order valence-corrected chi connectivity index (χ2v) is 9.17. The van der Waals surface area contributed by atoms with Crippen LogP contribution >= 0.6 is 11.8 Å². The number of amides is 1. The molecule has 1 aliphatic heterocycles. The van der Waals surface area contributed by atoms with Gasteiger partial charge in [0.1, 0.15) is 11.4 Å². The zero-order valence-electron chi connectivity index (χ0n) is 17.1. The number of hydrogen-bond acceptors (Lipinski definition) is 7. The summed E-state index contributed by atoms with van der Waals surface area (Å²) in [5.41, 5.74) is 1.20. The monoisotopic (exact) mass is 388 g/mol. The molecular formula is C18H32N2O5S. The first kappa shape index (κ1) is 22.8. The zero-order valence-corrected chi connectivity index (χ0v) is 17.9. The highest BCUT2D eigenvalue weighted by atomic mass is 32.2. The van der Waals surface area contributed by atoms with Crippen molar-refractivity contribution in [3.63, 3.8) is 0 Å². The highest BCUT2D eigenvalue weighted by Crippen LogP contribution is 2.37. The van der Waals surface area contributed by atoms with Crippen molar-refractivity contribution in [3.05, 3.63) is 0 Å². The number of carbonyl (C=O) groups excluding carboxylic acids is 2. The van der Waals surface area contributed by atoms with E-state index in [1.807, 2.05) is 48.5 Å². The van der Waals surface area contributed by atoms with E-state index in [1.165, 1.54) is 18.9 Å². The summed E-state index contributed by atoms with van der Waals surface area (Å²) in [5.74, 6) is -0.468. The second kappa shape index (κ2) is 9.08. The van der Waals surface area contributed by atoms with Crippen LogP contribution in [0.4, 0.5) is 4.79 Å². The zero-order chi connectivity index (χ0) is 20.1. The summed E-state index contributed by atoms with van der Waals surface area (Å²) in [6, 6.07) is -0.763. The van der Waals surface area contributed by atoms with Gasteiger partial charge in [-0.2, -0.15) is 0 Å². The fourth-order valence-electron chi connectivity index (χ4n) is 2.67. The van der Waals surface area contributed by atoms with Gasteiger partial charge in [-0.15, -0.1) is 0 Å². The van der Waals surface area contributed by atoms with Gasteiger partial charge in [0, 0.05) is 12.1 Å². The lowest BCUT2D eigenvalue weighted by Gasteiger charge is -2.35. The lowest BCUT2D eigenvalue weighted by Crippen LogP contribution is -2.52. The van der Waals surface area contributed by atoms with Crippen molar-refractivity contribution < 1.29 is 23.8 Å². The third-order valence-electron chi connectivity index (χ3n) is 3.93. The van der Waals surface area contributed by atoms with Crippen LogP contribution in [0, 0.1) is 0 Å². The summed E-state index contributed by atoms with van der Waals surface area (Å²) >= 11 is 1.34. The van der Waals surface area contributed by atoms with E-state index in [0.29, 0.717) is 0 Å². The van der Waals surface area contributed by atoms with Crippen molar-refractivity contribution in [2.75, 3.05) is 20.3 Å². The van der Waals surface area contributed by atoms with Gasteiger partial charge < -0.3 is 19.1 Å². The van der Waals surface area contributed by atoms with E-state index in [4.69, 9.17) is 14.2 Å². The molecule has 0 aliphatic carbocycles. The maximum Gasteiger partial charge on any atom is 0.410 e. The van der Waals surface area contributed by atoms with E-state index in [2.05, 4.69) is 4.99 Å². The maximum atomic E-state index is 12.6. The number of nitrogens with zero attached hydrogens (tertiary/aromatic N) is 2. The van der Waals surface area contributed by atoms with Gasteiger partial charge in [-0.25, -0.2) is 9.59 Å². The summed E-state index contributed by atoms with van der Waals surface area (Å²) in [6.45, 7) is 13.7. The van der Waals surface area contributed by atoms with Crippen LogP contribution < -0.4 is 0 Å². The summed E-state index contributed by atoms with van der Waals surface area (Å²) < 4.78 is 15.6. The van der Waals surface area contributed by atoms with Crippen LogP contribution in [0.3, 0.4) is 0 Å².